The van der Waals surface area contributed by atoms with E-state index in [1.807, 2.05) is 36.4 Å². The van der Waals surface area contributed by atoms with Crippen LogP contribution in [0.15, 0.2) is 54.6 Å². The van der Waals surface area contributed by atoms with Crippen LogP contribution in [0.1, 0.15) is 27.7 Å². The average Bonchev–Trinajstić information content (AvgIpc) is 3.25. The van der Waals surface area contributed by atoms with Gasteiger partial charge < -0.3 is 34.6 Å². The Bertz CT molecular complexity index is 1180. The van der Waals surface area contributed by atoms with Crippen molar-refractivity contribution in [1.82, 2.24) is 4.90 Å². The lowest BCUT2D eigenvalue weighted by molar-refractivity contribution is 0.0666. The Morgan fingerprint density at radius 3 is 2.74 bits per heavy atom. The number of hydrogen-bond donors (Lipinski definition) is 3. The van der Waals surface area contributed by atoms with Gasteiger partial charge in [0.05, 0.1) is 12.7 Å². The van der Waals surface area contributed by atoms with Crippen molar-refractivity contribution < 1.29 is 29.2 Å². The highest BCUT2D eigenvalue weighted by Crippen LogP contribution is 2.42. The summed E-state index contributed by atoms with van der Waals surface area (Å²) in [5, 5.41) is 23.6. The number of rotatable bonds is 4. The van der Waals surface area contributed by atoms with Gasteiger partial charge in [-0.25, -0.2) is 0 Å². The number of methoxy groups -OCH3 is 1. The van der Waals surface area contributed by atoms with Crippen LogP contribution in [0.3, 0.4) is 0 Å². The molecule has 0 fully saturated rings. The van der Waals surface area contributed by atoms with Gasteiger partial charge in [-0.3, -0.25) is 4.79 Å². The van der Waals surface area contributed by atoms with E-state index >= 15 is 0 Å². The van der Waals surface area contributed by atoms with E-state index in [1.165, 1.54) is 13.2 Å². The molecule has 2 aliphatic rings. The molecule has 2 heterocycles. The van der Waals surface area contributed by atoms with Crippen LogP contribution >= 0.6 is 0 Å². The molecule has 8 nitrogen and oxygen atoms in total. The maximum absolute atomic E-state index is 13.4. The molecule has 0 saturated heterocycles. The summed E-state index contributed by atoms with van der Waals surface area (Å²) < 4.78 is 16.0. The largest absolute Gasteiger partial charge is 0.504 e. The van der Waals surface area contributed by atoms with Crippen molar-refractivity contribution in [2.45, 2.75) is 12.7 Å². The van der Waals surface area contributed by atoms with E-state index in [0.29, 0.717) is 28.3 Å². The molecule has 0 saturated carbocycles. The third kappa shape index (κ3) is 3.22. The number of benzene rings is 3. The third-order valence-electron chi connectivity index (χ3n) is 5.42. The van der Waals surface area contributed by atoms with Gasteiger partial charge in [0.2, 0.25) is 12.5 Å². The molecular formula is C23H20N2O6. The molecule has 1 atom stereocenters. The summed E-state index contributed by atoms with van der Waals surface area (Å²) in [6.07, 6.45) is -0.603. The van der Waals surface area contributed by atoms with Gasteiger partial charge in [-0.15, -0.1) is 0 Å². The number of aromatic hydroxyl groups is 2. The van der Waals surface area contributed by atoms with Gasteiger partial charge in [-0.1, -0.05) is 18.2 Å². The second-order valence-corrected chi connectivity index (χ2v) is 7.30. The number of nitrogens with one attached hydrogen (secondary N) is 1. The Labute approximate surface area is 178 Å². The van der Waals surface area contributed by atoms with E-state index in [-0.39, 0.29) is 36.5 Å². The monoisotopic (exact) mass is 420 g/mol. The fraction of sp³-hybridized carbons (Fsp3) is 0.174. The van der Waals surface area contributed by atoms with E-state index in [1.54, 1.807) is 17.0 Å². The highest BCUT2D eigenvalue weighted by molar-refractivity contribution is 6.01. The topological polar surface area (TPSA) is 100 Å². The Morgan fingerprint density at radius 1 is 1.10 bits per heavy atom. The Hall–Kier alpha value is -4.07. The first-order chi connectivity index (χ1) is 15.0. The van der Waals surface area contributed by atoms with Crippen LogP contribution in [0.2, 0.25) is 0 Å². The molecule has 3 aromatic rings. The van der Waals surface area contributed by atoms with Crippen LogP contribution in [-0.4, -0.2) is 34.9 Å². The van der Waals surface area contributed by atoms with Crippen LogP contribution in [0.25, 0.3) is 0 Å². The molecule has 31 heavy (non-hydrogen) atoms. The zero-order valence-corrected chi connectivity index (χ0v) is 16.7. The number of amides is 1. The number of phenolic OH excluding ortho intramolecular Hbond substituents is 2. The minimum atomic E-state index is -0.603. The molecule has 0 aromatic heterocycles. The Kier molecular flexibility index (Phi) is 4.47. The number of carbonyl (C=O) groups excluding carboxylic acids is 1. The zero-order valence-electron chi connectivity index (χ0n) is 16.7. The Balaban J connectivity index is 1.57. The quantitative estimate of drug-likeness (QED) is 0.555. The molecule has 8 heteroatoms. The van der Waals surface area contributed by atoms with E-state index in [0.717, 1.165) is 5.56 Å². The Morgan fingerprint density at radius 2 is 1.90 bits per heavy atom. The van der Waals surface area contributed by atoms with Gasteiger partial charge in [0.25, 0.3) is 5.91 Å². The first-order valence-electron chi connectivity index (χ1n) is 9.70. The molecule has 158 valence electrons. The molecule has 5 rings (SSSR count). The van der Waals surface area contributed by atoms with Crippen LogP contribution < -0.4 is 19.5 Å². The number of hydrogen-bond acceptors (Lipinski definition) is 7. The summed E-state index contributed by atoms with van der Waals surface area (Å²) in [5.74, 6) is 0.578. The lowest BCUT2D eigenvalue weighted by Crippen LogP contribution is -2.42. The molecule has 0 aliphatic carbocycles. The highest BCUT2D eigenvalue weighted by atomic mass is 16.7. The van der Waals surface area contributed by atoms with Gasteiger partial charge in [0.1, 0.15) is 6.17 Å². The average molecular weight is 420 g/mol. The van der Waals surface area contributed by atoms with Gasteiger partial charge in [-0.2, -0.15) is 0 Å². The predicted molar refractivity (Wildman–Crippen MR) is 112 cm³/mol. The van der Waals surface area contributed by atoms with Crippen molar-refractivity contribution in [2.24, 2.45) is 0 Å². The molecule has 0 spiro atoms. The van der Waals surface area contributed by atoms with Gasteiger partial charge >= 0.3 is 0 Å². The lowest BCUT2D eigenvalue weighted by atomic mass is 10.0. The summed E-state index contributed by atoms with van der Waals surface area (Å²) in [4.78, 5) is 15.1. The van der Waals surface area contributed by atoms with Crippen LogP contribution in [0.4, 0.5) is 5.69 Å². The second-order valence-electron chi connectivity index (χ2n) is 7.30. The van der Waals surface area contributed by atoms with Crippen molar-refractivity contribution in [3.05, 3.63) is 71.3 Å². The number of fused-ring (bicyclic) bond motifs is 2. The van der Waals surface area contributed by atoms with Crippen LogP contribution in [0, 0.1) is 0 Å². The highest BCUT2D eigenvalue weighted by Gasteiger charge is 2.34. The first-order valence-corrected chi connectivity index (χ1v) is 9.70. The summed E-state index contributed by atoms with van der Waals surface area (Å²) in [7, 11) is 1.40. The number of nitrogens with zero attached hydrogens (tertiary/aromatic N) is 1. The van der Waals surface area contributed by atoms with Crippen LogP contribution in [-0.2, 0) is 6.54 Å². The normalized spacial score (nSPS) is 16.6. The number of ether oxygens (including phenoxy) is 3. The second kappa shape index (κ2) is 7.32. The van der Waals surface area contributed by atoms with Crippen molar-refractivity contribution in [2.75, 3.05) is 19.2 Å². The number of anilines is 1. The van der Waals surface area contributed by atoms with E-state index in [2.05, 4.69) is 5.32 Å². The standard InChI is InChI=1S/C23H20N2O6/c1-29-20-10-14(9-17(26)21(20)27)22-24-16-5-3-2-4-15(16)23(28)25(22)11-13-6-7-18-19(8-13)31-12-30-18/h2-10,22,24,26-27H,11-12H2,1H3. The number of phenols is 2. The van der Waals surface area contributed by atoms with Gasteiger partial charge in [-0.05, 0) is 42.0 Å². The molecule has 0 bridgehead atoms. The maximum atomic E-state index is 13.4. The SMILES string of the molecule is COc1cc(C2Nc3ccccc3C(=O)N2Cc2ccc3c(c2)OCO3)cc(O)c1O. The van der Waals surface area contributed by atoms with Gasteiger partial charge in [0.15, 0.2) is 23.0 Å². The predicted octanol–water partition coefficient (Wildman–Crippen LogP) is 3.60. The van der Waals surface area contributed by atoms with Crippen molar-refractivity contribution in [3.8, 4) is 28.7 Å². The third-order valence-corrected chi connectivity index (χ3v) is 5.42. The summed E-state index contributed by atoms with van der Waals surface area (Å²) in [6, 6.07) is 15.8. The summed E-state index contributed by atoms with van der Waals surface area (Å²) >= 11 is 0. The maximum Gasteiger partial charge on any atom is 0.258 e. The van der Waals surface area contributed by atoms with Gasteiger partial charge in [0, 0.05) is 17.8 Å². The lowest BCUT2D eigenvalue weighted by Gasteiger charge is -2.38. The first kappa shape index (κ1) is 18.9. The number of carbonyl (C=O) groups is 1. The van der Waals surface area contributed by atoms with E-state index in [4.69, 9.17) is 14.2 Å². The molecule has 1 amide bonds. The molecular weight excluding hydrogens is 400 g/mol. The van der Waals surface area contributed by atoms with Crippen LogP contribution in [0.5, 0.6) is 28.7 Å². The molecule has 1 unspecified atom stereocenters. The minimum Gasteiger partial charge on any atom is -0.504 e. The molecule has 2 aliphatic heterocycles. The summed E-state index contributed by atoms with van der Waals surface area (Å²) in [5.41, 5.74) is 2.66. The van der Waals surface area contributed by atoms with E-state index in [9.17, 15) is 15.0 Å². The number of para-hydroxylation sites is 1. The molecule has 3 N–H and O–H groups in total. The fourth-order valence-electron chi connectivity index (χ4n) is 3.88. The molecule has 3 aromatic carbocycles. The summed E-state index contributed by atoms with van der Waals surface area (Å²) in [6.45, 7) is 0.455. The van der Waals surface area contributed by atoms with Crippen molar-refractivity contribution >= 4 is 11.6 Å². The van der Waals surface area contributed by atoms with Crippen molar-refractivity contribution in [3.63, 3.8) is 0 Å². The zero-order chi connectivity index (χ0) is 21.5. The fourth-order valence-corrected chi connectivity index (χ4v) is 3.88. The molecule has 0 radical (unpaired) electrons. The van der Waals surface area contributed by atoms with E-state index < -0.39 is 6.17 Å². The van der Waals surface area contributed by atoms with Crippen molar-refractivity contribution in [1.29, 1.82) is 0 Å². The minimum absolute atomic E-state index is 0.117. The smallest absolute Gasteiger partial charge is 0.258 e.